The molecule has 1 N–H and O–H groups in total. The first-order valence-electron chi connectivity index (χ1n) is 5.99. The lowest BCUT2D eigenvalue weighted by Crippen LogP contribution is -2.27. The van der Waals surface area contributed by atoms with Gasteiger partial charge in [0.25, 0.3) is 0 Å². The number of ether oxygens (including phenoxy) is 1. The molecule has 0 aliphatic rings. The molecule has 1 atom stereocenters. The smallest absolute Gasteiger partial charge is 0.244 e. The highest BCUT2D eigenvalue weighted by Crippen LogP contribution is 2.28. The molecule has 2 aromatic rings. The number of methoxy groups -OCH3 is 1. The average molecular weight is 376 g/mol. The number of rotatable bonds is 5. The van der Waals surface area contributed by atoms with Crippen LogP contribution in [0, 0.1) is 6.92 Å². The van der Waals surface area contributed by atoms with Crippen molar-refractivity contribution in [2.45, 2.75) is 24.8 Å². The normalized spacial score (nSPS) is 13.1. The van der Waals surface area contributed by atoms with Gasteiger partial charge in [-0.3, -0.25) is 0 Å². The minimum atomic E-state index is -3.71. The van der Waals surface area contributed by atoms with Crippen LogP contribution in [0.15, 0.2) is 32.1 Å². The second kappa shape index (κ2) is 6.12. The SMILES string of the molecule is COc1ccc(S(=O)(=O)N[C@@H](C)c2nc(C)no2)cc1Br. The van der Waals surface area contributed by atoms with Crippen molar-refractivity contribution in [3.8, 4) is 5.75 Å². The van der Waals surface area contributed by atoms with E-state index in [1.54, 1.807) is 19.9 Å². The maximum Gasteiger partial charge on any atom is 0.244 e. The van der Waals surface area contributed by atoms with Crippen molar-refractivity contribution in [3.05, 3.63) is 34.4 Å². The summed E-state index contributed by atoms with van der Waals surface area (Å²) in [5.74, 6) is 1.21. The number of nitrogens with zero attached hydrogens (tertiary/aromatic N) is 2. The van der Waals surface area contributed by atoms with Gasteiger partial charge >= 0.3 is 0 Å². The Hall–Kier alpha value is -1.45. The molecule has 0 aliphatic heterocycles. The lowest BCUT2D eigenvalue weighted by Gasteiger charge is -2.11. The van der Waals surface area contributed by atoms with E-state index in [0.717, 1.165) is 0 Å². The second-order valence-corrected chi connectivity index (χ2v) is 6.89. The van der Waals surface area contributed by atoms with Crippen LogP contribution in [0.4, 0.5) is 0 Å². The number of sulfonamides is 1. The number of aromatic nitrogens is 2. The van der Waals surface area contributed by atoms with Crippen molar-refractivity contribution in [2.75, 3.05) is 7.11 Å². The predicted molar refractivity (Wildman–Crippen MR) is 78.5 cm³/mol. The molecule has 1 heterocycles. The summed E-state index contributed by atoms with van der Waals surface area (Å²) in [6, 6.07) is 3.86. The monoisotopic (exact) mass is 375 g/mol. The van der Waals surface area contributed by atoms with E-state index in [1.165, 1.54) is 19.2 Å². The zero-order chi connectivity index (χ0) is 15.6. The van der Waals surface area contributed by atoms with Gasteiger partial charge < -0.3 is 9.26 Å². The van der Waals surface area contributed by atoms with Gasteiger partial charge in [0.15, 0.2) is 5.82 Å². The molecule has 114 valence electrons. The summed E-state index contributed by atoms with van der Waals surface area (Å²) in [7, 11) is -2.20. The topological polar surface area (TPSA) is 94.3 Å². The number of aryl methyl sites for hydroxylation is 1. The third-order valence-corrected chi connectivity index (χ3v) is 4.84. The Labute approximate surface area is 130 Å². The Balaban J connectivity index is 2.24. The highest BCUT2D eigenvalue weighted by molar-refractivity contribution is 9.10. The Kier molecular flexibility index (Phi) is 4.64. The predicted octanol–water partition coefficient (Wildman–Crippen LogP) is 2.19. The molecule has 0 bridgehead atoms. The highest BCUT2D eigenvalue weighted by Gasteiger charge is 2.22. The third-order valence-electron chi connectivity index (χ3n) is 2.68. The molecule has 0 spiro atoms. The van der Waals surface area contributed by atoms with Gasteiger partial charge in [0.05, 0.1) is 22.5 Å². The summed E-state index contributed by atoms with van der Waals surface area (Å²) in [5, 5.41) is 3.63. The Morgan fingerprint density at radius 2 is 2.14 bits per heavy atom. The fourth-order valence-corrected chi connectivity index (χ4v) is 3.57. The van der Waals surface area contributed by atoms with Crippen molar-refractivity contribution in [2.24, 2.45) is 0 Å². The minimum absolute atomic E-state index is 0.110. The van der Waals surface area contributed by atoms with E-state index < -0.39 is 16.1 Å². The summed E-state index contributed by atoms with van der Waals surface area (Å²) in [4.78, 5) is 4.11. The molecule has 0 unspecified atom stereocenters. The van der Waals surface area contributed by atoms with Crippen LogP contribution < -0.4 is 9.46 Å². The third kappa shape index (κ3) is 3.60. The van der Waals surface area contributed by atoms with Gasteiger partial charge in [-0.2, -0.15) is 9.71 Å². The van der Waals surface area contributed by atoms with Gasteiger partial charge in [-0.15, -0.1) is 0 Å². The van der Waals surface area contributed by atoms with Crippen LogP contribution in [-0.4, -0.2) is 25.7 Å². The molecular formula is C12H14BrN3O4S. The molecule has 0 amide bonds. The summed E-state index contributed by atoms with van der Waals surface area (Å²) in [5.41, 5.74) is 0. The van der Waals surface area contributed by atoms with Crippen LogP contribution in [0.3, 0.4) is 0 Å². The molecule has 0 saturated carbocycles. The van der Waals surface area contributed by atoms with Crippen LogP contribution in [0.5, 0.6) is 5.75 Å². The Bertz CT molecular complexity index is 745. The van der Waals surface area contributed by atoms with E-state index in [1.807, 2.05) is 0 Å². The summed E-state index contributed by atoms with van der Waals surface area (Å²) >= 11 is 3.26. The second-order valence-electron chi connectivity index (χ2n) is 4.32. The summed E-state index contributed by atoms with van der Waals surface area (Å²) in [6.07, 6.45) is 0. The molecule has 0 saturated heterocycles. The molecule has 0 fully saturated rings. The van der Waals surface area contributed by atoms with E-state index in [0.29, 0.717) is 16.0 Å². The highest BCUT2D eigenvalue weighted by atomic mass is 79.9. The van der Waals surface area contributed by atoms with E-state index in [2.05, 4.69) is 30.8 Å². The van der Waals surface area contributed by atoms with Crippen molar-refractivity contribution in [1.82, 2.24) is 14.9 Å². The summed E-state index contributed by atoms with van der Waals surface area (Å²) < 4.78 is 37.7. The Morgan fingerprint density at radius 1 is 1.43 bits per heavy atom. The lowest BCUT2D eigenvalue weighted by molar-refractivity contribution is 0.351. The average Bonchev–Trinajstić information content (AvgIpc) is 2.85. The zero-order valence-corrected chi connectivity index (χ0v) is 14.0. The van der Waals surface area contributed by atoms with Crippen LogP contribution in [-0.2, 0) is 10.0 Å². The molecular weight excluding hydrogens is 362 g/mol. The van der Waals surface area contributed by atoms with Gasteiger partial charge in [0.2, 0.25) is 15.9 Å². The van der Waals surface area contributed by atoms with Crippen LogP contribution >= 0.6 is 15.9 Å². The summed E-state index contributed by atoms with van der Waals surface area (Å²) in [6.45, 7) is 3.29. The fraction of sp³-hybridized carbons (Fsp3) is 0.333. The first-order chi connectivity index (χ1) is 9.83. The number of halogens is 1. The standard InChI is InChI=1S/C12H14BrN3O4S/c1-7(12-14-8(2)15-20-12)16-21(17,18)9-4-5-11(19-3)10(13)6-9/h4-7,16H,1-3H3/t7-/m0/s1. The number of hydrogen-bond acceptors (Lipinski definition) is 6. The first kappa shape index (κ1) is 15.9. The van der Waals surface area contributed by atoms with E-state index in [9.17, 15) is 8.42 Å². The molecule has 1 aromatic heterocycles. The molecule has 0 aliphatic carbocycles. The zero-order valence-electron chi connectivity index (χ0n) is 11.6. The van der Waals surface area contributed by atoms with Crippen molar-refractivity contribution in [3.63, 3.8) is 0 Å². The van der Waals surface area contributed by atoms with Gasteiger partial charge in [-0.1, -0.05) is 5.16 Å². The van der Waals surface area contributed by atoms with Crippen molar-refractivity contribution >= 4 is 26.0 Å². The van der Waals surface area contributed by atoms with Crippen LogP contribution in [0.1, 0.15) is 24.7 Å². The van der Waals surface area contributed by atoms with E-state index >= 15 is 0 Å². The Morgan fingerprint density at radius 3 is 2.67 bits per heavy atom. The molecule has 0 radical (unpaired) electrons. The molecule has 2 rings (SSSR count). The van der Waals surface area contributed by atoms with Gasteiger partial charge in [0, 0.05) is 0 Å². The number of hydrogen-bond donors (Lipinski definition) is 1. The maximum atomic E-state index is 12.3. The minimum Gasteiger partial charge on any atom is -0.496 e. The molecule has 9 heteroatoms. The quantitative estimate of drug-likeness (QED) is 0.860. The van der Waals surface area contributed by atoms with E-state index in [4.69, 9.17) is 9.26 Å². The number of benzene rings is 1. The van der Waals surface area contributed by atoms with Gasteiger partial charge in [-0.25, -0.2) is 8.42 Å². The van der Waals surface area contributed by atoms with E-state index in [-0.39, 0.29) is 10.8 Å². The van der Waals surface area contributed by atoms with Crippen LogP contribution in [0.25, 0.3) is 0 Å². The van der Waals surface area contributed by atoms with Crippen molar-refractivity contribution in [1.29, 1.82) is 0 Å². The largest absolute Gasteiger partial charge is 0.496 e. The lowest BCUT2D eigenvalue weighted by atomic mass is 10.3. The fourth-order valence-electron chi connectivity index (χ4n) is 1.65. The van der Waals surface area contributed by atoms with Gasteiger partial charge in [-0.05, 0) is 48.0 Å². The first-order valence-corrected chi connectivity index (χ1v) is 8.27. The molecule has 1 aromatic carbocycles. The number of nitrogens with one attached hydrogen (secondary N) is 1. The van der Waals surface area contributed by atoms with Gasteiger partial charge in [0.1, 0.15) is 5.75 Å². The maximum absolute atomic E-state index is 12.3. The molecule has 21 heavy (non-hydrogen) atoms. The van der Waals surface area contributed by atoms with Crippen molar-refractivity contribution < 1.29 is 17.7 Å². The molecule has 7 nitrogen and oxygen atoms in total. The van der Waals surface area contributed by atoms with Crippen LogP contribution in [0.2, 0.25) is 0 Å².